The first kappa shape index (κ1) is 11.5. The standard InChI is InChI=1S/C14H20O2/c1-13(2,3)11-7-6-10-9-15-14(4,5)16-12(10)8-11/h6-8H,9H2,1-5H3. The van der Waals surface area contributed by atoms with Gasteiger partial charge in [-0.25, -0.2) is 0 Å². The van der Waals surface area contributed by atoms with Crippen LogP contribution in [0, 0.1) is 0 Å². The highest BCUT2D eigenvalue weighted by molar-refractivity contribution is 5.40. The van der Waals surface area contributed by atoms with Crippen molar-refractivity contribution in [3.8, 4) is 5.75 Å². The van der Waals surface area contributed by atoms with Gasteiger partial charge in [0.2, 0.25) is 5.79 Å². The van der Waals surface area contributed by atoms with Gasteiger partial charge in [-0.3, -0.25) is 0 Å². The second-order valence-electron chi connectivity index (χ2n) is 5.86. The van der Waals surface area contributed by atoms with Crippen LogP contribution in [0.2, 0.25) is 0 Å². The molecule has 1 aliphatic heterocycles. The molecule has 0 spiro atoms. The van der Waals surface area contributed by atoms with Crippen molar-refractivity contribution in [2.45, 2.75) is 52.4 Å². The highest BCUT2D eigenvalue weighted by Gasteiger charge is 2.28. The molecule has 1 heterocycles. The lowest BCUT2D eigenvalue weighted by atomic mass is 9.86. The van der Waals surface area contributed by atoms with Crippen LogP contribution in [0.4, 0.5) is 0 Å². The SMILES string of the molecule is CC1(C)OCc2ccc(C(C)(C)C)cc2O1. The van der Waals surface area contributed by atoms with E-state index in [1.807, 2.05) is 13.8 Å². The molecule has 0 aliphatic carbocycles. The smallest absolute Gasteiger partial charge is 0.205 e. The van der Waals surface area contributed by atoms with Crippen LogP contribution in [0.3, 0.4) is 0 Å². The molecule has 0 N–H and O–H groups in total. The van der Waals surface area contributed by atoms with E-state index in [1.54, 1.807) is 0 Å². The molecule has 0 atom stereocenters. The molecule has 88 valence electrons. The maximum atomic E-state index is 5.83. The maximum absolute atomic E-state index is 5.83. The fourth-order valence-electron chi connectivity index (χ4n) is 1.78. The normalized spacial score (nSPS) is 18.8. The largest absolute Gasteiger partial charge is 0.463 e. The van der Waals surface area contributed by atoms with Crippen LogP contribution in [-0.2, 0) is 16.8 Å². The van der Waals surface area contributed by atoms with Gasteiger partial charge in [0, 0.05) is 19.4 Å². The fourth-order valence-corrected chi connectivity index (χ4v) is 1.78. The van der Waals surface area contributed by atoms with E-state index < -0.39 is 5.79 Å². The van der Waals surface area contributed by atoms with Gasteiger partial charge in [0.05, 0.1) is 6.61 Å². The number of fused-ring (bicyclic) bond motifs is 1. The third kappa shape index (κ3) is 2.22. The quantitative estimate of drug-likeness (QED) is 0.664. The summed E-state index contributed by atoms with van der Waals surface area (Å²) in [7, 11) is 0. The summed E-state index contributed by atoms with van der Waals surface area (Å²) in [5.74, 6) is 0.451. The molecule has 0 aromatic heterocycles. The van der Waals surface area contributed by atoms with Gasteiger partial charge in [-0.1, -0.05) is 32.9 Å². The Labute approximate surface area is 97.6 Å². The zero-order valence-electron chi connectivity index (χ0n) is 10.8. The number of benzene rings is 1. The number of ether oxygens (including phenoxy) is 2. The van der Waals surface area contributed by atoms with Crippen LogP contribution in [0.5, 0.6) is 5.75 Å². The summed E-state index contributed by atoms with van der Waals surface area (Å²) in [5.41, 5.74) is 2.58. The lowest BCUT2D eigenvalue weighted by Gasteiger charge is -2.33. The van der Waals surface area contributed by atoms with Crippen LogP contribution in [0.15, 0.2) is 18.2 Å². The molecule has 2 heteroatoms. The molecule has 2 nitrogen and oxygen atoms in total. The van der Waals surface area contributed by atoms with E-state index in [4.69, 9.17) is 9.47 Å². The number of rotatable bonds is 0. The van der Waals surface area contributed by atoms with Crippen LogP contribution in [0.1, 0.15) is 45.7 Å². The highest BCUT2D eigenvalue weighted by atomic mass is 16.7. The fraction of sp³-hybridized carbons (Fsp3) is 0.571. The molecule has 0 bridgehead atoms. The molecule has 0 amide bonds. The van der Waals surface area contributed by atoms with Crippen molar-refractivity contribution in [1.29, 1.82) is 0 Å². The van der Waals surface area contributed by atoms with Gasteiger partial charge in [-0.2, -0.15) is 0 Å². The Morgan fingerprint density at radius 1 is 1.19 bits per heavy atom. The lowest BCUT2D eigenvalue weighted by molar-refractivity contribution is -0.180. The minimum Gasteiger partial charge on any atom is -0.463 e. The third-order valence-corrected chi connectivity index (χ3v) is 2.86. The molecule has 0 radical (unpaired) electrons. The average molecular weight is 220 g/mol. The van der Waals surface area contributed by atoms with Gasteiger partial charge < -0.3 is 9.47 Å². The summed E-state index contributed by atoms with van der Waals surface area (Å²) in [6.07, 6.45) is 0. The van der Waals surface area contributed by atoms with Crippen molar-refractivity contribution in [1.82, 2.24) is 0 Å². The second kappa shape index (κ2) is 3.49. The zero-order valence-corrected chi connectivity index (χ0v) is 10.8. The number of hydrogen-bond donors (Lipinski definition) is 0. The van der Waals surface area contributed by atoms with Crippen LogP contribution in [-0.4, -0.2) is 5.79 Å². The molecule has 0 saturated heterocycles. The van der Waals surface area contributed by atoms with Crippen molar-refractivity contribution in [3.05, 3.63) is 29.3 Å². The van der Waals surface area contributed by atoms with Crippen molar-refractivity contribution < 1.29 is 9.47 Å². The van der Waals surface area contributed by atoms with Crippen molar-refractivity contribution in [3.63, 3.8) is 0 Å². The first-order chi connectivity index (χ1) is 7.28. The number of hydrogen-bond acceptors (Lipinski definition) is 2. The van der Waals surface area contributed by atoms with Gasteiger partial charge in [0.15, 0.2) is 0 Å². The van der Waals surface area contributed by atoms with E-state index in [2.05, 4.69) is 39.0 Å². The van der Waals surface area contributed by atoms with Gasteiger partial charge in [0.1, 0.15) is 5.75 Å². The molecule has 0 fully saturated rings. The molecular formula is C14H20O2. The Hall–Kier alpha value is -1.02. The minimum atomic E-state index is -0.510. The summed E-state index contributed by atoms with van der Waals surface area (Å²) in [4.78, 5) is 0. The van der Waals surface area contributed by atoms with Gasteiger partial charge in [-0.05, 0) is 17.0 Å². The Kier molecular flexibility index (Phi) is 2.50. The summed E-state index contributed by atoms with van der Waals surface area (Å²) in [5, 5.41) is 0. The van der Waals surface area contributed by atoms with Crippen molar-refractivity contribution in [2.75, 3.05) is 0 Å². The molecule has 1 aromatic rings. The second-order valence-corrected chi connectivity index (χ2v) is 5.86. The first-order valence-corrected chi connectivity index (χ1v) is 5.74. The molecule has 2 rings (SSSR count). The molecule has 1 aromatic carbocycles. The van der Waals surface area contributed by atoms with Crippen LogP contribution < -0.4 is 4.74 Å². The van der Waals surface area contributed by atoms with Crippen molar-refractivity contribution in [2.24, 2.45) is 0 Å². The maximum Gasteiger partial charge on any atom is 0.205 e. The Balaban J connectivity index is 2.39. The third-order valence-electron chi connectivity index (χ3n) is 2.86. The minimum absolute atomic E-state index is 0.154. The Morgan fingerprint density at radius 2 is 1.88 bits per heavy atom. The van der Waals surface area contributed by atoms with Gasteiger partial charge in [-0.15, -0.1) is 0 Å². The molecule has 16 heavy (non-hydrogen) atoms. The Morgan fingerprint density at radius 3 is 2.50 bits per heavy atom. The van der Waals surface area contributed by atoms with E-state index >= 15 is 0 Å². The van der Waals surface area contributed by atoms with E-state index in [-0.39, 0.29) is 5.41 Å². The average Bonchev–Trinajstić information content (AvgIpc) is 2.13. The first-order valence-electron chi connectivity index (χ1n) is 5.74. The van der Waals surface area contributed by atoms with Crippen LogP contribution in [0.25, 0.3) is 0 Å². The van der Waals surface area contributed by atoms with E-state index in [1.165, 1.54) is 5.56 Å². The van der Waals surface area contributed by atoms with Gasteiger partial charge >= 0.3 is 0 Å². The predicted octanol–water partition coefficient (Wildman–Crippen LogP) is 3.63. The molecular weight excluding hydrogens is 200 g/mol. The van der Waals surface area contributed by atoms with E-state index in [0.29, 0.717) is 6.61 Å². The summed E-state index contributed by atoms with van der Waals surface area (Å²) < 4.78 is 11.4. The topological polar surface area (TPSA) is 18.5 Å². The van der Waals surface area contributed by atoms with Crippen LogP contribution >= 0.6 is 0 Å². The monoisotopic (exact) mass is 220 g/mol. The summed E-state index contributed by atoms with van der Waals surface area (Å²) in [6, 6.07) is 6.40. The summed E-state index contributed by atoms with van der Waals surface area (Å²) >= 11 is 0. The summed E-state index contributed by atoms with van der Waals surface area (Å²) in [6.45, 7) is 11.1. The van der Waals surface area contributed by atoms with E-state index in [0.717, 1.165) is 11.3 Å². The Bertz CT molecular complexity index is 400. The molecule has 1 aliphatic rings. The van der Waals surface area contributed by atoms with E-state index in [9.17, 15) is 0 Å². The zero-order chi connectivity index (χ0) is 12.0. The van der Waals surface area contributed by atoms with Crippen molar-refractivity contribution >= 4 is 0 Å². The lowest BCUT2D eigenvalue weighted by Crippen LogP contribution is -2.35. The highest BCUT2D eigenvalue weighted by Crippen LogP contribution is 2.34. The molecule has 0 unspecified atom stereocenters. The predicted molar refractivity (Wildman–Crippen MR) is 64.6 cm³/mol. The molecule has 0 saturated carbocycles. The van der Waals surface area contributed by atoms with Gasteiger partial charge in [0.25, 0.3) is 0 Å².